The van der Waals surface area contributed by atoms with E-state index in [1.54, 1.807) is 0 Å². The molecule has 2 nitrogen and oxygen atoms in total. The lowest BCUT2D eigenvalue weighted by atomic mass is 9.69. The lowest BCUT2D eigenvalue weighted by molar-refractivity contribution is 0.398. The third kappa shape index (κ3) is 13.2. The molecule has 0 N–H and O–H groups in total. The van der Waals surface area contributed by atoms with E-state index in [1.807, 2.05) is 0 Å². The molecule has 0 fully saturated rings. The van der Waals surface area contributed by atoms with Crippen molar-refractivity contribution in [2.24, 2.45) is 0 Å². The summed E-state index contributed by atoms with van der Waals surface area (Å²) >= 11 is 0. The summed E-state index contributed by atoms with van der Waals surface area (Å²) in [6, 6.07) is 130. The van der Waals surface area contributed by atoms with Crippen LogP contribution in [0.25, 0.3) is 117 Å². The maximum Gasteiger partial charge on any atom is 0.0725 e. The Kier molecular flexibility index (Phi) is 22.0. The Balaban J connectivity index is 0.718. The van der Waals surface area contributed by atoms with Crippen molar-refractivity contribution in [3.63, 3.8) is 0 Å². The Bertz CT molecular complexity index is 6330. The molecule has 6 aliphatic carbocycles. The summed E-state index contributed by atoms with van der Waals surface area (Å²) in [5.74, 6) is 0. The fourth-order valence-corrected chi connectivity index (χ4v) is 25.7. The van der Waals surface area contributed by atoms with Crippen LogP contribution in [0.2, 0.25) is 0 Å². The highest BCUT2D eigenvalue weighted by Gasteiger charge is 2.54. The molecule has 128 heavy (non-hydrogen) atoms. The van der Waals surface area contributed by atoms with E-state index >= 15 is 0 Å². The van der Waals surface area contributed by atoms with Crippen molar-refractivity contribution in [2.45, 2.75) is 229 Å². The SMILES string of the molecule is CCCCCCCCC1(CCCCCCCC)c2cc(-c3ccc4c(c3)C3(c5ccccc5-c5ccccc53)c3ccccc3-4)ccc2-c2ccc(N(c3ccc(-n4c5ccccc5c5ccccc54)cc3)c3ccc4c(c3)C(CCCCCCCC)(CCCCCCCC)c3cc(-c5ccc6c(c5)C5(c7ccccc7-c7ccccc75)c5ccccc5-6)ccc3-4)cc21. The topological polar surface area (TPSA) is 8.17 Å². The predicted octanol–water partition coefficient (Wildman–Crippen LogP) is 35.8. The van der Waals surface area contributed by atoms with Crippen molar-refractivity contribution in [2.75, 3.05) is 4.90 Å². The second-order valence-corrected chi connectivity index (χ2v) is 38.7. The van der Waals surface area contributed by atoms with Gasteiger partial charge in [-0.2, -0.15) is 0 Å². The smallest absolute Gasteiger partial charge is 0.0725 e. The summed E-state index contributed by atoms with van der Waals surface area (Å²) in [4.78, 5) is 2.72. The van der Waals surface area contributed by atoms with E-state index in [0.717, 1.165) is 25.7 Å². The summed E-state index contributed by atoms with van der Waals surface area (Å²) in [7, 11) is 0. The zero-order valence-corrected chi connectivity index (χ0v) is 75.9. The molecule has 0 bridgehead atoms. The van der Waals surface area contributed by atoms with E-state index < -0.39 is 10.8 Å². The van der Waals surface area contributed by atoms with Gasteiger partial charge in [0.25, 0.3) is 0 Å². The molecule has 15 aromatic carbocycles. The van der Waals surface area contributed by atoms with Crippen LogP contribution in [0.15, 0.2) is 328 Å². The van der Waals surface area contributed by atoms with Crippen molar-refractivity contribution in [3.05, 3.63) is 394 Å². The third-order valence-corrected chi connectivity index (χ3v) is 31.6. The van der Waals surface area contributed by atoms with Crippen molar-refractivity contribution in [1.29, 1.82) is 0 Å². The summed E-state index contributed by atoms with van der Waals surface area (Å²) in [6.45, 7) is 9.46. The van der Waals surface area contributed by atoms with Crippen LogP contribution in [0.1, 0.15) is 274 Å². The molecule has 0 atom stereocenters. The van der Waals surface area contributed by atoms with Crippen LogP contribution in [-0.4, -0.2) is 4.57 Å². The number of para-hydroxylation sites is 2. The molecule has 22 rings (SSSR count). The molecule has 0 unspecified atom stereocenters. The average Bonchev–Trinajstić information content (AvgIpc) is 1.51. The predicted molar refractivity (Wildman–Crippen MR) is 543 cm³/mol. The Labute approximate surface area is 761 Å². The molecular weight excluding hydrogens is 1540 g/mol. The van der Waals surface area contributed by atoms with E-state index in [-0.39, 0.29) is 10.8 Å². The van der Waals surface area contributed by atoms with E-state index in [2.05, 4.69) is 365 Å². The molecule has 2 spiro atoms. The number of fused-ring (bicyclic) bond motifs is 29. The monoisotopic (exact) mass is 1660 g/mol. The fourth-order valence-electron chi connectivity index (χ4n) is 25.7. The molecule has 1 aromatic heterocycles. The van der Waals surface area contributed by atoms with Gasteiger partial charge in [-0.3, -0.25) is 0 Å². The summed E-state index contributed by atoms with van der Waals surface area (Å²) in [5, 5.41) is 2.56. The zero-order valence-electron chi connectivity index (χ0n) is 75.9. The number of anilines is 3. The first-order valence-corrected chi connectivity index (χ1v) is 49.7. The van der Waals surface area contributed by atoms with E-state index in [9.17, 15) is 0 Å². The van der Waals surface area contributed by atoms with Crippen LogP contribution in [-0.2, 0) is 21.7 Å². The molecule has 0 amide bonds. The molecule has 0 saturated carbocycles. The highest BCUT2D eigenvalue weighted by atomic mass is 15.1. The minimum absolute atomic E-state index is 0.230. The molecule has 1 heterocycles. The average molecular weight is 1660 g/mol. The number of rotatable bonds is 34. The number of aromatic nitrogens is 1. The van der Waals surface area contributed by atoms with Crippen LogP contribution in [0, 0.1) is 0 Å². The van der Waals surface area contributed by atoms with Gasteiger partial charge in [-0.15, -0.1) is 0 Å². The third-order valence-electron chi connectivity index (χ3n) is 31.6. The van der Waals surface area contributed by atoms with Crippen LogP contribution in [0.5, 0.6) is 0 Å². The van der Waals surface area contributed by atoms with E-state index in [4.69, 9.17) is 0 Å². The normalized spacial score (nSPS) is 14.4. The first-order valence-electron chi connectivity index (χ1n) is 49.7. The maximum absolute atomic E-state index is 2.76. The molecule has 0 saturated heterocycles. The molecule has 6 aliphatic rings. The summed E-state index contributed by atoms with van der Waals surface area (Å²) in [5.41, 5.74) is 44.9. The molecule has 2 heteroatoms. The fraction of sp³-hybridized carbons (Fsp3) is 0.286. The molecular formula is C126H122N2. The summed E-state index contributed by atoms with van der Waals surface area (Å²) in [6.07, 6.45) is 34.7. The number of hydrogen-bond acceptors (Lipinski definition) is 1. The van der Waals surface area contributed by atoms with Gasteiger partial charge in [-0.25, -0.2) is 0 Å². The minimum Gasteiger partial charge on any atom is -0.310 e. The highest BCUT2D eigenvalue weighted by molar-refractivity contribution is 6.09. The largest absolute Gasteiger partial charge is 0.310 e. The van der Waals surface area contributed by atoms with Crippen molar-refractivity contribution in [1.82, 2.24) is 4.57 Å². The van der Waals surface area contributed by atoms with Gasteiger partial charge in [0.15, 0.2) is 0 Å². The number of unbranched alkanes of at least 4 members (excludes halogenated alkanes) is 20. The van der Waals surface area contributed by atoms with Gasteiger partial charge in [0, 0.05) is 44.4 Å². The van der Waals surface area contributed by atoms with Crippen LogP contribution in [0.4, 0.5) is 17.1 Å². The lowest BCUT2D eigenvalue weighted by Gasteiger charge is -2.35. The first-order chi connectivity index (χ1) is 63.3. The minimum atomic E-state index is -0.426. The van der Waals surface area contributed by atoms with Crippen molar-refractivity contribution in [3.8, 4) is 94.7 Å². The van der Waals surface area contributed by atoms with Gasteiger partial charge in [0.1, 0.15) is 0 Å². The molecule has 0 radical (unpaired) electrons. The van der Waals surface area contributed by atoms with Gasteiger partial charge in [0.05, 0.1) is 21.9 Å². The van der Waals surface area contributed by atoms with Gasteiger partial charge in [0.2, 0.25) is 0 Å². The van der Waals surface area contributed by atoms with Crippen molar-refractivity contribution < 1.29 is 0 Å². The van der Waals surface area contributed by atoms with Gasteiger partial charge >= 0.3 is 0 Å². The lowest BCUT2D eigenvalue weighted by Crippen LogP contribution is -2.26. The summed E-state index contributed by atoms with van der Waals surface area (Å²) < 4.78 is 2.50. The number of benzene rings is 15. The molecule has 636 valence electrons. The van der Waals surface area contributed by atoms with Gasteiger partial charge in [-0.1, -0.05) is 424 Å². The maximum atomic E-state index is 2.76. The Morgan fingerprint density at radius 1 is 0.195 bits per heavy atom. The van der Waals surface area contributed by atoms with E-state index in [0.29, 0.717) is 0 Å². The molecule has 16 aromatic rings. The van der Waals surface area contributed by atoms with Gasteiger partial charge < -0.3 is 9.47 Å². The Morgan fingerprint density at radius 3 is 0.742 bits per heavy atom. The second kappa shape index (κ2) is 34.5. The quantitative estimate of drug-likeness (QED) is 0.0365. The Morgan fingerprint density at radius 2 is 0.430 bits per heavy atom. The van der Waals surface area contributed by atoms with E-state index in [1.165, 1.54) is 354 Å². The van der Waals surface area contributed by atoms with Crippen LogP contribution < -0.4 is 4.90 Å². The number of nitrogens with zero attached hydrogens (tertiary/aromatic N) is 2. The standard InChI is InChI=1S/C126H122N2/c1-5-9-13-17-21-41-77-123(78-42-22-18-14-10-6-2)115-81-87(89-63-73-105-99-49-29-37-57-113(99)125(119(105)83-89)109-53-33-25-45-95(109)96-46-26-34-54-110(96)125)61-71-101(115)103-75-69-93(85-117(103)123)127(91-65-67-92(68-66-91)128-121-59-39-31-51-107(121)108-52-32-40-60-122(108)128)94-70-76-104-102-72-62-88(82-116(102)124(118(104)86-94,79-43-23-19-15-11-7-3)80-44-24-20-16-12-8-4)90-64-74-106-100-50-30-38-58-114(100)126(120(106)84-90)111-55-35-27-47-97(111)98-48-28-36-56-112(98)126/h25-40,45-76,81-86H,5-24,41-44,77-80H2,1-4H3. The zero-order chi connectivity index (χ0) is 85.9. The number of hydrogen-bond donors (Lipinski definition) is 0. The van der Waals surface area contributed by atoms with Crippen molar-refractivity contribution >= 4 is 38.9 Å². The molecule has 0 aliphatic heterocycles. The second-order valence-electron chi connectivity index (χ2n) is 38.7. The highest BCUT2D eigenvalue weighted by Crippen LogP contribution is 2.67. The Hall–Kier alpha value is -12.1. The first kappa shape index (κ1) is 81.6. The van der Waals surface area contributed by atoms with Crippen LogP contribution in [0.3, 0.4) is 0 Å². The van der Waals surface area contributed by atoms with Gasteiger partial charge in [-0.05, 0) is 266 Å². The van der Waals surface area contributed by atoms with Crippen LogP contribution >= 0.6 is 0 Å².